The average Bonchev–Trinajstić information content (AvgIpc) is 3.20. The van der Waals surface area contributed by atoms with Crippen molar-refractivity contribution in [3.8, 4) is 0 Å². The number of carbonyl (C=O) groups excluding carboxylic acids is 3. The quantitative estimate of drug-likeness (QED) is 0.638. The molecule has 2 heterocycles. The molecule has 0 fully saturated rings. The molecule has 0 bridgehead atoms. The van der Waals surface area contributed by atoms with Crippen molar-refractivity contribution in [2.75, 3.05) is 0 Å². The molecule has 6 nitrogen and oxygen atoms in total. The third-order valence-electron chi connectivity index (χ3n) is 3.08. The average molecular weight is 430 g/mol. The fraction of sp³-hybridized carbons (Fsp3) is 0.267. The van der Waals surface area contributed by atoms with Gasteiger partial charge in [0, 0.05) is 0 Å². The van der Waals surface area contributed by atoms with Crippen LogP contribution in [0.2, 0.25) is 0 Å². The van der Waals surface area contributed by atoms with Gasteiger partial charge in [-0.2, -0.15) is 0 Å². The lowest BCUT2D eigenvalue weighted by Gasteiger charge is -2.21. The molecule has 3 N–H and O–H groups in total. The lowest BCUT2D eigenvalue weighted by atomic mass is 10.0. The summed E-state index contributed by atoms with van der Waals surface area (Å²) in [7, 11) is 0. The van der Waals surface area contributed by atoms with E-state index in [0.717, 1.165) is 3.79 Å². The Kier molecular flexibility index (Phi) is 6.52. The van der Waals surface area contributed by atoms with Gasteiger partial charge in [-0.25, -0.2) is 0 Å². The van der Waals surface area contributed by atoms with E-state index < -0.39 is 17.9 Å². The Morgan fingerprint density at radius 2 is 1.79 bits per heavy atom. The van der Waals surface area contributed by atoms with Gasteiger partial charge in [0.05, 0.1) is 13.5 Å². The van der Waals surface area contributed by atoms with E-state index in [1.807, 2.05) is 13.8 Å². The molecule has 1 unspecified atom stereocenters. The van der Waals surface area contributed by atoms with E-state index in [9.17, 15) is 14.4 Å². The van der Waals surface area contributed by atoms with E-state index in [1.165, 1.54) is 22.7 Å². The first kappa shape index (κ1) is 18.6. The van der Waals surface area contributed by atoms with E-state index in [1.54, 1.807) is 29.6 Å². The second kappa shape index (κ2) is 8.41. The minimum absolute atomic E-state index is 0.137. The predicted molar refractivity (Wildman–Crippen MR) is 98.0 cm³/mol. The highest BCUT2D eigenvalue weighted by atomic mass is 79.9. The maximum atomic E-state index is 12.3. The predicted octanol–water partition coefficient (Wildman–Crippen LogP) is 2.79. The van der Waals surface area contributed by atoms with Crippen molar-refractivity contribution in [3.05, 3.63) is 43.2 Å². The second-order valence-electron chi connectivity index (χ2n) is 5.22. The number of rotatable bonds is 5. The molecule has 9 heteroatoms. The fourth-order valence-electron chi connectivity index (χ4n) is 1.85. The highest BCUT2D eigenvalue weighted by Crippen LogP contribution is 2.21. The highest BCUT2D eigenvalue weighted by molar-refractivity contribution is 9.11. The van der Waals surface area contributed by atoms with Crippen LogP contribution >= 0.6 is 38.6 Å². The minimum Gasteiger partial charge on any atom is -0.339 e. The molecule has 2 rings (SSSR count). The molecule has 0 saturated heterocycles. The Balaban J connectivity index is 1.94. The van der Waals surface area contributed by atoms with Gasteiger partial charge in [-0.15, -0.1) is 22.7 Å². The number of hydrazine groups is 1. The largest absolute Gasteiger partial charge is 0.339 e. The number of hydrogen-bond acceptors (Lipinski definition) is 5. The van der Waals surface area contributed by atoms with Crippen LogP contribution in [0.4, 0.5) is 0 Å². The summed E-state index contributed by atoms with van der Waals surface area (Å²) in [5.74, 6) is -1.33. The third kappa shape index (κ3) is 4.89. The Labute approximate surface area is 155 Å². The zero-order valence-electron chi connectivity index (χ0n) is 13.0. The van der Waals surface area contributed by atoms with Crippen LogP contribution < -0.4 is 16.2 Å². The summed E-state index contributed by atoms with van der Waals surface area (Å²) < 4.78 is 0.822. The van der Waals surface area contributed by atoms with Gasteiger partial charge in [0.15, 0.2) is 0 Å². The van der Waals surface area contributed by atoms with Crippen molar-refractivity contribution in [1.29, 1.82) is 0 Å². The minimum atomic E-state index is -0.755. The first-order valence-corrected chi connectivity index (χ1v) is 9.57. The molecule has 0 radical (unpaired) electrons. The van der Waals surface area contributed by atoms with Crippen LogP contribution in [0.3, 0.4) is 0 Å². The van der Waals surface area contributed by atoms with Gasteiger partial charge >= 0.3 is 0 Å². The first-order chi connectivity index (χ1) is 11.4. The van der Waals surface area contributed by atoms with Crippen LogP contribution in [0.15, 0.2) is 33.4 Å². The summed E-state index contributed by atoms with van der Waals surface area (Å²) in [6, 6.07) is 6.10. The molecule has 1 atom stereocenters. The number of carbonyl (C=O) groups is 3. The molecule has 0 saturated carbocycles. The van der Waals surface area contributed by atoms with Crippen LogP contribution in [-0.4, -0.2) is 23.8 Å². The molecule has 2 aromatic heterocycles. The van der Waals surface area contributed by atoms with Crippen LogP contribution in [0.5, 0.6) is 0 Å². The zero-order chi connectivity index (χ0) is 17.7. The number of amides is 3. The molecule has 0 spiro atoms. The molecule has 0 aliphatic carbocycles. The molecule has 0 aliphatic rings. The summed E-state index contributed by atoms with van der Waals surface area (Å²) in [6.07, 6.45) is 0. The van der Waals surface area contributed by atoms with Gasteiger partial charge in [0.2, 0.25) is 0 Å². The van der Waals surface area contributed by atoms with Crippen molar-refractivity contribution in [3.63, 3.8) is 0 Å². The van der Waals surface area contributed by atoms with Crippen molar-refractivity contribution in [1.82, 2.24) is 16.2 Å². The maximum absolute atomic E-state index is 12.3. The van der Waals surface area contributed by atoms with Crippen molar-refractivity contribution in [2.24, 2.45) is 5.92 Å². The fourth-order valence-corrected chi connectivity index (χ4v) is 3.76. The SMILES string of the molecule is CC(C)C(NC(=O)c1cccs1)C(=O)NNC(=O)c1ccc(Br)s1. The van der Waals surface area contributed by atoms with E-state index in [0.29, 0.717) is 9.75 Å². The number of hydrogen-bond donors (Lipinski definition) is 3. The Hall–Kier alpha value is -1.71. The van der Waals surface area contributed by atoms with Crippen molar-refractivity contribution >= 4 is 56.3 Å². The molecular formula is C15H16BrN3O3S2. The summed E-state index contributed by atoms with van der Waals surface area (Å²) >= 11 is 5.83. The Bertz CT molecular complexity index is 728. The molecule has 2 aromatic rings. The van der Waals surface area contributed by atoms with E-state index >= 15 is 0 Å². The normalized spacial score (nSPS) is 11.8. The number of nitrogens with one attached hydrogen (secondary N) is 3. The lowest BCUT2D eigenvalue weighted by Crippen LogP contribution is -2.54. The smallest absolute Gasteiger partial charge is 0.279 e. The highest BCUT2D eigenvalue weighted by Gasteiger charge is 2.25. The number of thiophene rings is 2. The molecule has 128 valence electrons. The Morgan fingerprint density at radius 3 is 2.33 bits per heavy atom. The third-order valence-corrected chi connectivity index (χ3v) is 5.57. The van der Waals surface area contributed by atoms with Gasteiger partial charge in [-0.05, 0) is 45.4 Å². The van der Waals surface area contributed by atoms with Gasteiger partial charge < -0.3 is 5.32 Å². The number of halogens is 1. The van der Waals surface area contributed by atoms with Gasteiger partial charge in [0.25, 0.3) is 17.7 Å². The van der Waals surface area contributed by atoms with Crippen LogP contribution in [-0.2, 0) is 4.79 Å². The van der Waals surface area contributed by atoms with Crippen LogP contribution in [0.25, 0.3) is 0 Å². The molecule has 0 aromatic carbocycles. The molecule has 0 aliphatic heterocycles. The maximum Gasteiger partial charge on any atom is 0.279 e. The van der Waals surface area contributed by atoms with Crippen molar-refractivity contribution in [2.45, 2.75) is 19.9 Å². The van der Waals surface area contributed by atoms with Gasteiger partial charge in [0.1, 0.15) is 6.04 Å². The zero-order valence-corrected chi connectivity index (χ0v) is 16.2. The molecule has 3 amide bonds. The van der Waals surface area contributed by atoms with Crippen molar-refractivity contribution < 1.29 is 14.4 Å². The van der Waals surface area contributed by atoms with Crippen LogP contribution in [0.1, 0.15) is 33.2 Å². The van der Waals surface area contributed by atoms with Gasteiger partial charge in [-0.1, -0.05) is 19.9 Å². The van der Waals surface area contributed by atoms with E-state index in [2.05, 4.69) is 32.1 Å². The second-order valence-corrected chi connectivity index (χ2v) is 8.63. The molecule has 24 heavy (non-hydrogen) atoms. The summed E-state index contributed by atoms with van der Waals surface area (Å²) in [5, 5.41) is 4.48. The molecular weight excluding hydrogens is 414 g/mol. The standard InChI is InChI=1S/C15H16BrN3O3S2/c1-8(2)12(17-13(20)9-4-3-7-23-9)15(22)19-18-14(21)10-5-6-11(16)24-10/h3-8,12H,1-2H3,(H,17,20)(H,18,21)(H,19,22). The Morgan fingerprint density at radius 1 is 1.04 bits per heavy atom. The summed E-state index contributed by atoms with van der Waals surface area (Å²) in [4.78, 5) is 37.3. The first-order valence-electron chi connectivity index (χ1n) is 7.08. The lowest BCUT2D eigenvalue weighted by molar-refractivity contribution is -0.124. The monoisotopic (exact) mass is 429 g/mol. The van der Waals surface area contributed by atoms with E-state index in [4.69, 9.17) is 0 Å². The van der Waals surface area contributed by atoms with Gasteiger partial charge in [-0.3, -0.25) is 25.2 Å². The topological polar surface area (TPSA) is 87.3 Å². The summed E-state index contributed by atoms with van der Waals surface area (Å²) in [6.45, 7) is 3.63. The van der Waals surface area contributed by atoms with Crippen LogP contribution in [0, 0.1) is 5.92 Å². The van der Waals surface area contributed by atoms with E-state index in [-0.39, 0.29) is 11.8 Å². The summed E-state index contributed by atoms with van der Waals surface area (Å²) in [5.41, 5.74) is 4.72.